The normalized spacial score (nSPS) is 10.6. The van der Waals surface area contributed by atoms with Gasteiger partial charge in [0, 0.05) is 22.2 Å². The zero-order valence-electron chi connectivity index (χ0n) is 17.0. The molecule has 1 heterocycles. The fourth-order valence-corrected chi connectivity index (χ4v) is 4.35. The van der Waals surface area contributed by atoms with Gasteiger partial charge in [-0.2, -0.15) is 0 Å². The zero-order chi connectivity index (χ0) is 21.6. The van der Waals surface area contributed by atoms with E-state index < -0.39 is 0 Å². The first kappa shape index (κ1) is 21.1. The Morgan fingerprint density at radius 1 is 1.06 bits per heavy atom. The second kappa shape index (κ2) is 9.77. The number of halogens is 1. The molecule has 0 radical (unpaired) electrons. The first-order chi connectivity index (χ1) is 15.1. The summed E-state index contributed by atoms with van der Waals surface area (Å²) in [4.78, 5) is 17.1. The molecule has 4 rings (SSSR count). The summed E-state index contributed by atoms with van der Waals surface area (Å²) >= 11 is 7.83. The summed E-state index contributed by atoms with van der Waals surface area (Å²) in [6.45, 7) is 2.01. The summed E-state index contributed by atoms with van der Waals surface area (Å²) in [6, 6.07) is 23.0. The number of anilines is 1. The van der Waals surface area contributed by atoms with Gasteiger partial charge in [0.05, 0.1) is 10.7 Å². The minimum absolute atomic E-state index is 0.0470. The lowest BCUT2D eigenvalue weighted by atomic mass is 10.1. The lowest BCUT2D eigenvalue weighted by molar-refractivity contribution is -0.118. The second-order valence-electron chi connectivity index (χ2n) is 6.90. The van der Waals surface area contributed by atoms with E-state index in [-0.39, 0.29) is 12.5 Å². The topological polar surface area (TPSA) is 51.2 Å². The highest BCUT2D eigenvalue weighted by molar-refractivity contribution is 7.13. The van der Waals surface area contributed by atoms with Crippen molar-refractivity contribution in [2.45, 2.75) is 13.3 Å². The van der Waals surface area contributed by atoms with Gasteiger partial charge in [-0.25, -0.2) is 4.98 Å². The third-order valence-electron chi connectivity index (χ3n) is 4.76. The summed E-state index contributed by atoms with van der Waals surface area (Å²) < 4.78 is 5.71. The van der Waals surface area contributed by atoms with Crippen molar-refractivity contribution in [3.63, 3.8) is 0 Å². The smallest absolute Gasteiger partial charge is 0.262 e. The Bertz CT molecular complexity index is 1210. The molecule has 4 aromatic rings. The van der Waals surface area contributed by atoms with Crippen LogP contribution in [0.25, 0.3) is 21.8 Å². The van der Waals surface area contributed by atoms with Gasteiger partial charge < -0.3 is 10.1 Å². The van der Waals surface area contributed by atoms with Crippen LogP contribution in [0, 0.1) is 0 Å². The van der Waals surface area contributed by atoms with Crippen LogP contribution in [0.3, 0.4) is 0 Å². The van der Waals surface area contributed by atoms with E-state index in [0.29, 0.717) is 10.7 Å². The van der Waals surface area contributed by atoms with Crippen LogP contribution in [0.5, 0.6) is 5.75 Å². The number of aromatic nitrogens is 1. The van der Waals surface area contributed by atoms with Gasteiger partial charge in [-0.1, -0.05) is 67.1 Å². The lowest BCUT2D eigenvalue weighted by Gasteiger charge is -2.11. The Kier molecular flexibility index (Phi) is 6.65. The maximum Gasteiger partial charge on any atom is 0.262 e. The van der Waals surface area contributed by atoms with E-state index in [2.05, 4.69) is 12.2 Å². The molecule has 4 nitrogen and oxygen atoms in total. The maximum atomic E-state index is 12.4. The van der Waals surface area contributed by atoms with Crippen molar-refractivity contribution in [3.05, 3.63) is 88.8 Å². The number of hydrogen-bond donors (Lipinski definition) is 1. The van der Waals surface area contributed by atoms with E-state index in [9.17, 15) is 4.79 Å². The SMILES string of the molecule is CCc1ccccc1OCC(=O)Nc1cccc(-c2csc(-c3ccccc3Cl)n2)c1. The van der Waals surface area contributed by atoms with Crippen LogP contribution in [0.1, 0.15) is 12.5 Å². The average Bonchev–Trinajstić information content (AvgIpc) is 3.28. The number of aryl methyl sites for hydroxylation is 1. The maximum absolute atomic E-state index is 12.4. The average molecular weight is 449 g/mol. The Balaban J connectivity index is 1.44. The molecule has 0 saturated carbocycles. The first-order valence-electron chi connectivity index (χ1n) is 9.95. The highest BCUT2D eigenvalue weighted by atomic mass is 35.5. The van der Waals surface area contributed by atoms with Crippen molar-refractivity contribution in [1.82, 2.24) is 4.98 Å². The summed E-state index contributed by atoms with van der Waals surface area (Å²) in [5.41, 5.74) is 4.44. The van der Waals surface area contributed by atoms with Crippen molar-refractivity contribution in [3.8, 4) is 27.6 Å². The zero-order valence-corrected chi connectivity index (χ0v) is 18.5. The first-order valence-corrected chi connectivity index (χ1v) is 11.2. The Labute approximate surface area is 190 Å². The van der Waals surface area contributed by atoms with Crippen LogP contribution in [0.15, 0.2) is 78.2 Å². The summed E-state index contributed by atoms with van der Waals surface area (Å²) in [5, 5.41) is 6.42. The van der Waals surface area contributed by atoms with Gasteiger partial charge in [0.2, 0.25) is 0 Å². The van der Waals surface area contributed by atoms with Crippen molar-refractivity contribution in [2.24, 2.45) is 0 Å². The van der Waals surface area contributed by atoms with Crippen molar-refractivity contribution in [1.29, 1.82) is 0 Å². The van der Waals surface area contributed by atoms with Gasteiger partial charge in [0.1, 0.15) is 10.8 Å². The van der Waals surface area contributed by atoms with Gasteiger partial charge in [-0.15, -0.1) is 11.3 Å². The van der Waals surface area contributed by atoms with Crippen LogP contribution in [0.2, 0.25) is 5.02 Å². The molecule has 6 heteroatoms. The van der Waals surface area contributed by atoms with Gasteiger partial charge in [-0.3, -0.25) is 4.79 Å². The number of rotatable bonds is 7. The van der Waals surface area contributed by atoms with Crippen LogP contribution in [-0.4, -0.2) is 17.5 Å². The highest BCUT2D eigenvalue weighted by Gasteiger charge is 2.11. The molecule has 1 amide bonds. The Morgan fingerprint density at radius 3 is 2.71 bits per heavy atom. The van der Waals surface area contributed by atoms with Crippen LogP contribution in [0.4, 0.5) is 5.69 Å². The highest BCUT2D eigenvalue weighted by Crippen LogP contribution is 2.33. The molecule has 0 fully saturated rings. The molecule has 31 heavy (non-hydrogen) atoms. The van der Waals surface area contributed by atoms with Crippen molar-refractivity contribution >= 4 is 34.5 Å². The molecule has 0 atom stereocenters. The van der Waals surface area contributed by atoms with Gasteiger partial charge in [-0.05, 0) is 36.2 Å². The quantitative estimate of drug-likeness (QED) is 0.341. The monoisotopic (exact) mass is 448 g/mol. The second-order valence-corrected chi connectivity index (χ2v) is 8.16. The molecule has 0 unspecified atom stereocenters. The molecular weight excluding hydrogens is 428 g/mol. The number of benzene rings is 3. The number of para-hydroxylation sites is 1. The number of nitrogens with one attached hydrogen (secondary N) is 1. The molecule has 0 spiro atoms. The van der Waals surface area contributed by atoms with Gasteiger partial charge in [0.15, 0.2) is 6.61 Å². The molecule has 0 saturated heterocycles. The fourth-order valence-electron chi connectivity index (χ4n) is 3.20. The molecule has 0 aliphatic rings. The van der Waals surface area contributed by atoms with E-state index in [4.69, 9.17) is 21.3 Å². The molecule has 0 aliphatic heterocycles. The van der Waals surface area contributed by atoms with Crippen molar-refractivity contribution < 1.29 is 9.53 Å². The fraction of sp³-hybridized carbons (Fsp3) is 0.120. The number of carbonyl (C=O) groups excluding carboxylic acids is 1. The van der Waals surface area contributed by atoms with Crippen LogP contribution >= 0.6 is 22.9 Å². The number of ether oxygens (including phenoxy) is 1. The number of thiazole rings is 1. The summed E-state index contributed by atoms with van der Waals surface area (Å²) in [7, 11) is 0. The lowest BCUT2D eigenvalue weighted by Crippen LogP contribution is -2.20. The van der Waals surface area contributed by atoms with Gasteiger partial charge in [0.25, 0.3) is 5.91 Å². The predicted molar refractivity (Wildman–Crippen MR) is 128 cm³/mol. The number of carbonyl (C=O) groups is 1. The van der Waals surface area contributed by atoms with Crippen LogP contribution < -0.4 is 10.1 Å². The number of nitrogens with zero attached hydrogens (tertiary/aromatic N) is 1. The Morgan fingerprint density at radius 2 is 1.87 bits per heavy atom. The number of hydrogen-bond acceptors (Lipinski definition) is 4. The van der Waals surface area contributed by atoms with E-state index in [1.54, 1.807) is 0 Å². The third kappa shape index (κ3) is 5.13. The molecule has 1 N–H and O–H groups in total. The Hall–Kier alpha value is -3.15. The third-order valence-corrected chi connectivity index (χ3v) is 5.97. The van der Waals surface area contributed by atoms with E-state index in [0.717, 1.165) is 39.6 Å². The standard InChI is InChI=1S/C25H21ClN2O2S/c1-2-17-8-3-6-13-23(17)30-15-24(29)27-19-10-7-9-18(14-19)22-16-31-25(28-22)20-11-4-5-12-21(20)26/h3-14,16H,2,15H2,1H3,(H,27,29). The predicted octanol–water partition coefficient (Wildman–Crippen LogP) is 6.71. The minimum atomic E-state index is -0.210. The molecule has 0 bridgehead atoms. The van der Waals surface area contributed by atoms with Crippen LogP contribution in [-0.2, 0) is 11.2 Å². The molecular formula is C25H21ClN2O2S. The van der Waals surface area contributed by atoms with E-state index in [1.807, 2.05) is 78.2 Å². The largest absolute Gasteiger partial charge is 0.483 e. The summed E-state index contributed by atoms with van der Waals surface area (Å²) in [6.07, 6.45) is 0.851. The molecule has 1 aromatic heterocycles. The van der Waals surface area contributed by atoms with E-state index in [1.165, 1.54) is 11.3 Å². The summed E-state index contributed by atoms with van der Waals surface area (Å²) in [5.74, 6) is 0.529. The molecule has 3 aromatic carbocycles. The number of amides is 1. The van der Waals surface area contributed by atoms with Gasteiger partial charge >= 0.3 is 0 Å². The molecule has 0 aliphatic carbocycles. The van der Waals surface area contributed by atoms with E-state index >= 15 is 0 Å². The minimum Gasteiger partial charge on any atom is -0.483 e. The molecule has 156 valence electrons. The van der Waals surface area contributed by atoms with Crippen molar-refractivity contribution in [2.75, 3.05) is 11.9 Å².